The lowest BCUT2D eigenvalue weighted by molar-refractivity contribution is 0.784. The van der Waals surface area contributed by atoms with Crippen LogP contribution in [0.3, 0.4) is 0 Å². The molecule has 0 amide bonds. The standard InChI is InChI=1S/C5H9N3S2/c1-4(2)5-3-6-8(7-5)10-9/h3-4,9H,1-2H3. The van der Waals surface area contributed by atoms with E-state index in [0.29, 0.717) is 5.92 Å². The molecular formula is C5H9N3S2. The van der Waals surface area contributed by atoms with E-state index in [-0.39, 0.29) is 0 Å². The van der Waals surface area contributed by atoms with Crippen LogP contribution in [-0.4, -0.2) is 14.4 Å². The van der Waals surface area contributed by atoms with Crippen molar-refractivity contribution in [3.8, 4) is 0 Å². The van der Waals surface area contributed by atoms with Crippen LogP contribution in [0.2, 0.25) is 0 Å². The second-order valence-electron chi connectivity index (χ2n) is 2.26. The van der Waals surface area contributed by atoms with E-state index in [9.17, 15) is 0 Å². The minimum absolute atomic E-state index is 0.439. The van der Waals surface area contributed by atoms with E-state index in [1.165, 1.54) is 15.2 Å². The molecule has 5 heteroatoms. The smallest absolute Gasteiger partial charge is 0.0863 e. The number of aromatic nitrogens is 3. The van der Waals surface area contributed by atoms with Gasteiger partial charge in [0.15, 0.2) is 0 Å². The quantitative estimate of drug-likeness (QED) is 0.548. The summed E-state index contributed by atoms with van der Waals surface area (Å²) in [6.07, 6.45) is 1.76. The van der Waals surface area contributed by atoms with E-state index in [1.54, 1.807) is 6.20 Å². The summed E-state index contributed by atoms with van der Waals surface area (Å²) in [6, 6.07) is 0. The third kappa shape index (κ3) is 1.67. The van der Waals surface area contributed by atoms with E-state index >= 15 is 0 Å². The number of hydrogen-bond donors (Lipinski definition) is 1. The van der Waals surface area contributed by atoms with Gasteiger partial charge in [0.05, 0.1) is 22.9 Å². The van der Waals surface area contributed by atoms with Crippen LogP contribution in [-0.2, 0) is 0 Å². The van der Waals surface area contributed by atoms with Gasteiger partial charge in [0.2, 0.25) is 0 Å². The molecule has 0 aliphatic rings. The summed E-state index contributed by atoms with van der Waals surface area (Å²) in [5, 5.41) is 8.07. The van der Waals surface area contributed by atoms with Gasteiger partial charge in [0.25, 0.3) is 0 Å². The van der Waals surface area contributed by atoms with Crippen molar-refractivity contribution in [1.29, 1.82) is 0 Å². The molecule has 0 aromatic carbocycles. The topological polar surface area (TPSA) is 30.7 Å². The predicted molar refractivity (Wildman–Crippen MR) is 46.1 cm³/mol. The lowest BCUT2D eigenvalue weighted by Gasteiger charge is -1.94. The molecule has 1 aromatic rings. The molecule has 1 rings (SSSR count). The molecule has 10 heavy (non-hydrogen) atoms. The maximum absolute atomic E-state index is 4.12. The summed E-state index contributed by atoms with van der Waals surface area (Å²) in [5.74, 6) is 0.439. The van der Waals surface area contributed by atoms with E-state index in [4.69, 9.17) is 0 Å². The molecule has 3 nitrogen and oxygen atoms in total. The Balaban J connectivity index is 2.78. The maximum Gasteiger partial charge on any atom is 0.0863 e. The van der Waals surface area contributed by atoms with Gasteiger partial charge in [-0.1, -0.05) is 25.5 Å². The first-order chi connectivity index (χ1) is 4.74. The van der Waals surface area contributed by atoms with Gasteiger partial charge in [0, 0.05) is 0 Å². The van der Waals surface area contributed by atoms with Gasteiger partial charge in [-0.25, -0.2) is 0 Å². The molecule has 1 aromatic heterocycles. The van der Waals surface area contributed by atoms with Gasteiger partial charge in [0.1, 0.15) is 0 Å². The SMILES string of the molecule is CC(C)c1cnn(SS)n1. The normalized spacial score (nSPS) is 10.8. The van der Waals surface area contributed by atoms with Crippen molar-refractivity contribution in [2.24, 2.45) is 0 Å². The van der Waals surface area contributed by atoms with Crippen molar-refractivity contribution >= 4 is 22.6 Å². The molecule has 0 spiro atoms. The van der Waals surface area contributed by atoms with Crippen LogP contribution in [0.5, 0.6) is 0 Å². The second-order valence-corrected chi connectivity index (χ2v) is 3.24. The zero-order chi connectivity index (χ0) is 7.56. The Morgan fingerprint density at radius 1 is 1.70 bits per heavy atom. The van der Waals surface area contributed by atoms with Crippen LogP contribution in [0, 0.1) is 0 Å². The van der Waals surface area contributed by atoms with Gasteiger partial charge < -0.3 is 0 Å². The number of rotatable bonds is 2. The molecule has 0 aliphatic heterocycles. The molecule has 0 radical (unpaired) electrons. The van der Waals surface area contributed by atoms with Gasteiger partial charge in [-0.05, 0) is 5.92 Å². The van der Waals surface area contributed by atoms with Crippen molar-refractivity contribution in [3.05, 3.63) is 11.9 Å². The van der Waals surface area contributed by atoms with Crippen LogP contribution in [0.15, 0.2) is 6.20 Å². The van der Waals surface area contributed by atoms with Crippen molar-refractivity contribution in [3.63, 3.8) is 0 Å². The summed E-state index contributed by atoms with van der Waals surface area (Å²) >= 11 is 3.95. The maximum atomic E-state index is 4.12. The highest BCUT2D eigenvalue weighted by molar-refractivity contribution is 8.67. The van der Waals surface area contributed by atoms with Crippen LogP contribution in [0.25, 0.3) is 0 Å². The van der Waals surface area contributed by atoms with E-state index < -0.39 is 0 Å². The largest absolute Gasteiger partial charge is 0.149 e. The third-order valence-corrected chi connectivity index (χ3v) is 1.91. The monoisotopic (exact) mass is 175 g/mol. The fourth-order valence-electron chi connectivity index (χ4n) is 0.563. The average Bonchev–Trinajstić information content (AvgIpc) is 2.34. The predicted octanol–water partition coefficient (Wildman–Crippen LogP) is 1.74. The van der Waals surface area contributed by atoms with E-state index in [1.807, 2.05) is 0 Å². The lowest BCUT2D eigenvalue weighted by atomic mass is 10.2. The summed E-state index contributed by atoms with van der Waals surface area (Å²) in [7, 11) is 1.20. The van der Waals surface area contributed by atoms with Crippen molar-refractivity contribution in [2.45, 2.75) is 19.8 Å². The highest BCUT2D eigenvalue weighted by atomic mass is 33.1. The summed E-state index contributed by atoms with van der Waals surface area (Å²) < 4.78 is 1.48. The van der Waals surface area contributed by atoms with Crippen LogP contribution >= 0.6 is 22.6 Å². The zero-order valence-electron chi connectivity index (χ0n) is 5.85. The summed E-state index contributed by atoms with van der Waals surface area (Å²) in [6.45, 7) is 4.16. The Morgan fingerprint density at radius 2 is 2.40 bits per heavy atom. The van der Waals surface area contributed by atoms with Gasteiger partial charge in [-0.2, -0.15) is 0 Å². The molecule has 0 unspecified atom stereocenters. The molecule has 0 N–H and O–H groups in total. The van der Waals surface area contributed by atoms with Crippen LogP contribution in [0.1, 0.15) is 25.5 Å². The minimum atomic E-state index is 0.439. The first kappa shape index (κ1) is 7.94. The first-order valence-corrected chi connectivity index (χ1v) is 4.80. The first-order valence-electron chi connectivity index (χ1n) is 2.98. The zero-order valence-corrected chi connectivity index (χ0v) is 7.56. The van der Waals surface area contributed by atoms with Gasteiger partial charge in [-0.3, -0.25) is 0 Å². The van der Waals surface area contributed by atoms with Gasteiger partial charge >= 0.3 is 0 Å². The average molecular weight is 175 g/mol. The molecular weight excluding hydrogens is 166 g/mol. The molecule has 0 fully saturated rings. The highest BCUT2D eigenvalue weighted by Crippen LogP contribution is 2.12. The molecule has 0 aliphatic carbocycles. The van der Waals surface area contributed by atoms with E-state index in [0.717, 1.165) is 5.69 Å². The number of nitrogens with zero attached hydrogens (tertiary/aromatic N) is 3. The molecule has 0 saturated carbocycles. The molecule has 1 heterocycles. The number of hydrogen-bond acceptors (Lipinski definition) is 4. The number of thiol groups is 1. The molecule has 0 saturated heterocycles. The summed E-state index contributed by atoms with van der Waals surface area (Å²) in [5.41, 5.74) is 1.00. The van der Waals surface area contributed by atoms with Crippen LogP contribution < -0.4 is 0 Å². The fraction of sp³-hybridized carbons (Fsp3) is 0.600. The Kier molecular flexibility index (Phi) is 2.62. The Labute approximate surface area is 69.1 Å². The lowest BCUT2D eigenvalue weighted by Crippen LogP contribution is -1.91. The molecule has 56 valence electrons. The van der Waals surface area contributed by atoms with Crippen molar-refractivity contribution in [1.82, 2.24) is 14.4 Å². The fourth-order valence-corrected chi connectivity index (χ4v) is 1.02. The Hall–Kier alpha value is -0.160. The van der Waals surface area contributed by atoms with E-state index in [2.05, 4.69) is 35.7 Å². The summed E-state index contributed by atoms with van der Waals surface area (Å²) in [4.78, 5) is 0. The van der Waals surface area contributed by atoms with Crippen molar-refractivity contribution < 1.29 is 0 Å². The van der Waals surface area contributed by atoms with Crippen molar-refractivity contribution in [2.75, 3.05) is 0 Å². The molecule has 0 atom stereocenters. The minimum Gasteiger partial charge on any atom is -0.149 e. The highest BCUT2D eigenvalue weighted by Gasteiger charge is 2.02. The van der Waals surface area contributed by atoms with Crippen LogP contribution in [0.4, 0.5) is 0 Å². The second kappa shape index (κ2) is 3.30. The third-order valence-electron chi connectivity index (χ3n) is 1.15. The molecule has 0 bridgehead atoms. The Bertz CT molecular complexity index is 208. The Morgan fingerprint density at radius 3 is 2.70 bits per heavy atom. The van der Waals surface area contributed by atoms with Gasteiger partial charge in [-0.15, -0.1) is 14.4 Å².